The highest BCUT2D eigenvalue weighted by atomic mass is 19.4. The third kappa shape index (κ3) is 8.03. The van der Waals surface area contributed by atoms with E-state index in [1.165, 1.54) is 12.1 Å². The van der Waals surface area contributed by atoms with Gasteiger partial charge in [0.1, 0.15) is 5.75 Å². The van der Waals surface area contributed by atoms with Gasteiger partial charge in [0.15, 0.2) is 0 Å². The van der Waals surface area contributed by atoms with Crippen LogP contribution in [0.2, 0.25) is 0 Å². The van der Waals surface area contributed by atoms with Crippen molar-refractivity contribution in [3.05, 3.63) is 24.3 Å². The average molecular weight is 305 g/mol. The number of anilines is 1. The molecule has 118 valence electrons. The van der Waals surface area contributed by atoms with Crippen LogP contribution in [0.15, 0.2) is 24.3 Å². The molecule has 21 heavy (non-hydrogen) atoms. The minimum absolute atomic E-state index is 0.0797. The van der Waals surface area contributed by atoms with Crippen molar-refractivity contribution in [2.24, 2.45) is 5.73 Å². The van der Waals surface area contributed by atoms with Gasteiger partial charge < -0.3 is 21.1 Å². The van der Waals surface area contributed by atoms with Crippen LogP contribution in [0.1, 0.15) is 19.8 Å². The average Bonchev–Trinajstić information content (AvgIpc) is 2.35. The molecule has 1 aromatic carbocycles. The molecule has 0 saturated carbocycles. The monoisotopic (exact) mass is 305 g/mol. The fraction of sp³-hybridized carbons (Fsp3) is 0.462. The van der Waals surface area contributed by atoms with Crippen molar-refractivity contribution in [1.29, 1.82) is 0 Å². The predicted octanol–water partition coefficient (Wildman–Crippen LogP) is 2.83. The van der Waals surface area contributed by atoms with Gasteiger partial charge in [0.05, 0.1) is 0 Å². The highest BCUT2D eigenvalue weighted by Gasteiger charge is 2.30. The normalized spacial score (nSPS) is 12.6. The van der Waals surface area contributed by atoms with Crippen LogP contribution in [-0.2, 0) is 0 Å². The van der Waals surface area contributed by atoms with Crippen molar-refractivity contribution in [2.45, 2.75) is 32.2 Å². The van der Waals surface area contributed by atoms with Crippen LogP contribution in [0, 0.1) is 0 Å². The van der Waals surface area contributed by atoms with Gasteiger partial charge in [-0.1, -0.05) is 0 Å². The maximum atomic E-state index is 12.0. The number of alkyl halides is 3. The van der Waals surface area contributed by atoms with Crippen molar-refractivity contribution in [3.63, 3.8) is 0 Å². The van der Waals surface area contributed by atoms with Crippen molar-refractivity contribution in [3.8, 4) is 5.75 Å². The van der Waals surface area contributed by atoms with Gasteiger partial charge in [0.25, 0.3) is 0 Å². The Hall–Kier alpha value is -1.96. The molecule has 0 heterocycles. The molecule has 0 radical (unpaired) electrons. The van der Waals surface area contributed by atoms with Gasteiger partial charge in [-0.05, 0) is 44.0 Å². The first kappa shape index (κ1) is 17.1. The Labute approximate surface area is 120 Å². The number of amides is 2. The molecule has 1 aromatic rings. The van der Waals surface area contributed by atoms with Crippen LogP contribution < -0.4 is 21.1 Å². The van der Waals surface area contributed by atoms with E-state index < -0.39 is 12.4 Å². The van der Waals surface area contributed by atoms with Crippen molar-refractivity contribution in [1.82, 2.24) is 5.32 Å². The molecular weight excluding hydrogens is 287 g/mol. The number of nitrogens with two attached hydrogens (primary N) is 1. The van der Waals surface area contributed by atoms with Gasteiger partial charge in [-0.25, -0.2) is 4.79 Å². The molecule has 4 N–H and O–H groups in total. The highest BCUT2D eigenvalue weighted by Crippen LogP contribution is 2.23. The van der Waals surface area contributed by atoms with Crippen LogP contribution >= 0.6 is 0 Å². The maximum Gasteiger partial charge on any atom is 0.573 e. The van der Waals surface area contributed by atoms with E-state index in [4.69, 9.17) is 5.73 Å². The Bertz CT molecular complexity index is 447. The Morgan fingerprint density at radius 1 is 1.33 bits per heavy atom. The van der Waals surface area contributed by atoms with Gasteiger partial charge in [-0.3, -0.25) is 0 Å². The Morgan fingerprint density at radius 2 is 1.95 bits per heavy atom. The van der Waals surface area contributed by atoms with E-state index in [9.17, 15) is 18.0 Å². The number of hydrogen-bond acceptors (Lipinski definition) is 3. The quantitative estimate of drug-likeness (QED) is 0.707. The fourth-order valence-corrected chi connectivity index (χ4v) is 1.54. The van der Waals surface area contributed by atoms with Crippen LogP contribution in [0.25, 0.3) is 0 Å². The molecule has 0 spiro atoms. The van der Waals surface area contributed by atoms with Crippen molar-refractivity contribution >= 4 is 11.7 Å². The first-order chi connectivity index (χ1) is 9.76. The van der Waals surface area contributed by atoms with Crippen LogP contribution in [0.4, 0.5) is 23.7 Å². The highest BCUT2D eigenvalue weighted by molar-refractivity contribution is 5.89. The second kappa shape index (κ2) is 7.72. The molecule has 1 unspecified atom stereocenters. The summed E-state index contributed by atoms with van der Waals surface area (Å²) in [6, 6.07) is 4.55. The second-order valence-electron chi connectivity index (χ2n) is 4.57. The molecule has 8 heteroatoms. The van der Waals surface area contributed by atoms with E-state index in [0.717, 1.165) is 25.0 Å². The van der Waals surface area contributed by atoms with Gasteiger partial charge in [0, 0.05) is 18.3 Å². The molecule has 0 bridgehead atoms. The lowest BCUT2D eigenvalue weighted by molar-refractivity contribution is -0.274. The smallest absolute Gasteiger partial charge is 0.406 e. The van der Waals surface area contributed by atoms with E-state index in [0.29, 0.717) is 12.2 Å². The van der Waals surface area contributed by atoms with Crippen molar-refractivity contribution in [2.75, 3.05) is 11.9 Å². The number of hydrogen-bond donors (Lipinski definition) is 3. The first-order valence-electron chi connectivity index (χ1n) is 6.42. The summed E-state index contributed by atoms with van der Waals surface area (Å²) in [7, 11) is 0. The summed E-state index contributed by atoms with van der Waals surface area (Å²) in [6.07, 6.45) is -3.18. The van der Waals surface area contributed by atoms with Crippen LogP contribution in [0.5, 0.6) is 5.75 Å². The molecule has 0 aromatic heterocycles. The molecule has 0 aliphatic carbocycles. The largest absolute Gasteiger partial charge is 0.573 e. The Balaban J connectivity index is 2.36. The summed E-state index contributed by atoms with van der Waals surface area (Å²) in [5.41, 5.74) is 5.94. The van der Waals surface area contributed by atoms with Gasteiger partial charge in [-0.15, -0.1) is 13.2 Å². The number of rotatable bonds is 6. The first-order valence-corrected chi connectivity index (χ1v) is 6.42. The lowest BCUT2D eigenvalue weighted by Gasteiger charge is -2.11. The SMILES string of the molecule is CC(N)CCCNC(=O)Nc1ccc(OC(F)(F)F)cc1. The topological polar surface area (TPSA) is 76.4 Å². The van der Waals surface area contributed by atoms with Crippen molar-refractivity contribution < 1.29 is 22.7 Å². The summed E-state index contributed by atoms with van der Waals surface area (Å²) in [4.78, 5) is 11.5. The minimum Gasteiger partial charge on any atom is -0.406 e. The second-order valence-corrected chi connectivity index (χ2v) is 4.57. The zero-order chi connectivity index (χ0) is 15.9. The molecule has 1 atom stereocenters. The zero-order valence-corrected chi connectivity index (χ0v) is 11.5. The van der Waals surface area contributed by atoms with Gasteiger partial charge >= 0.3 is 12.4 Å². The maximum absolute atomic E-state index is 12.0. The molecule has 0 saturated heterocycles. The predicted molar refractivity (Wildman–Crippen MR) is 73.0 cm³/mol. The van der Waals surface area contributed by atoms with Crippen LogP contribution in [0.3, 0.4) is 0 Å². The number of urea groups is 1. The molecule has 2 amide bonds. The molecular formula is C13H18F3N3O2. The number of ether oxygens (including phenoxy) is 1. The summed E-state index contributed by atoms with van der Waals surface area (Å²) < 4.78 is 39.6. The number of benzene rings is 1. The number of carbonyl (C=O) groups is 1. The molecule has 0 aliphatic heterocycles. The molecule has 0 fully saturated rings. The van der Waals surface area contributed by atoms with E-state index in [-0.39, 0.29) is 11.8 Å². The summed E-state index contributed by atoms with van der Waals surface area (Å²) >= 11 is 0. The minimum atomic E-state index is -4.73. The lowest BCUT2D eigenvalue weighted by Crippen LogP contribution is -2.30. The Kier molecular flexibility index (Phi) is 6.29. The zero-order valence-electron chi connectivity index (χ0n) is 11.5. The standard InChI is InChI=1S/C13H18F3N3O2/c1-9(17)3-2-8-18-12(20)19-10-4-6-11(7-5-10)21-13(14,15)16/h4-7,9H,2-3,8,17H2,1H3,(H2,18,19,20). The molecule has 5 nitrogen and oxygen atoms in total. The van der Waals surface area contributed by atoms with E-state index in [1.807, 2.05) is 6.92 Å². The van der Waals surface area contributed by atoms with E-state index >= 15 is 0 Å². The van der Waals surface area contributed by atoms with E-state index in [1.54, 1.807) is 0 Å². The summed E-state index contributed by atoms with van der Waals surface area (Å²) in [5, 5.41) is 5.12. The lowest BCUT2D eigenvalue weighted by atomic mass is 10.2. The van der Waals surface area contributed by atoms with Crippen LogP contribution in [-0.4, -0.2) is 25.0 Å². The van der Waals surface area contributed by atoms with Gasteiger partial charge in [-0.2, -0.15) is 0 Å². The molecule has 1 rings (SSSR count). The molecule has 0 aliphatic rings. The Morgan fingerprint density at radius 3 is 2.48 bits per heavy atom. The van der Waals surface area contributed by atoms with E-state index in [2.05, 4.69) is 15.4 Å². The fourth-order valence-electron chi connectivity index (χ4n) is 1.54. The third-order valence-electron chi connectivity index (χ3n) is 2.47. The number of carbonyl (C=O) groups excluding carboxylic acids is 1. The number of nitrogens with one attached hydrogen (secondary N) is 2. The summed E-state index contributed by atoms with van der Waals surface area (Å²) in [6.45, 7) is 2.35. The number of halogens is 3. The third-order valence-corrected chi connectivity index (χ3v) is 2.47. The summed E-state index contributed by atoms with van der Waals surface area (Å²) in [5.74, 6) is -0.342. The van der Waals surface area contributed by atoms with Gasteiger partial charge in [0.2, 0.25) is 0 Å².